The molecule has 3 aromatic rings. The Hall–Kier alpha value is -3.61. The predicted octanol–water partition coefficient (Wildman–Crippen LogP) is 5.73. The lowest BCUT2D eigenvalue weighted by Gasteiger charge is -2.39. The minimum Gasteiger partial charge on any atom is -0.461 e. The van der Waals surface area contributed by atoms with Crippen LogP contribution in [-0.2, 0) is 14.3 Å². The van der Waals surface area contributed by atoms with Gasteiger partial charge in [-0.05, 0) is 47.9 Å². The van der Waals surface area contributed by atoms with Crippen molar-refractivity contribution in [3.63, 3.8) is 0 Å². The fourth-order valence-corrected chi connectivity index (χ4v) is 6.59. The lowest BCUT2D eigenvalue weighted by atomic mass is 9.76. The molecule has 3 N–H and O–H groups in total. The molecule has 3 aliphatic rings. The van der Waals surface area contributed by atoms with Crippen molar-refractivity contribution in [3.8, 4) is 17.0 Å². The molecule has 3 saturated heterocycles. The Morgan fingerprint density at radius 1 is 1.09 bits per heavy atom. The standard InChI is InChI=1S/C32H35ClF3N5O4/c33-21-6-7-23(24(16-21)20-4-2-1-3-5-20)28(32(34,35)36)45-27-17-26(39-30(37)40-27)41-12-10-31(11-13-41)18-25(38-19-31)29(42)44-22-8-14-43-15-9-22/h1-7,16-17,22,25,28,38H,8-15,18-19H2,(H2,37,39,40)/t25-,28+/m0/s1. The van der Waals surface area contributed by atoms with Gasteiger partial charge in [0, 0.05) is 49.1 Å². The molecule has 45 heavy (non-hydrogen) atoms. The number of piperidine rings is 1. The third-order valence-corrected chi connectivity index (χ3v) is 9.10. The van der Waals surface area contributed by atoms with E-state index in [4.69, 9.17) is 31.5 Å². The Morgan fingerprint density at radius 2 is 1.82 bits per heavy atom. The molecule has 4 heterocycles. The van der Waals surface area contributed by atoms with Crippen LogP contribution < -0.4 is 20.7 Å². The number of anilines is 2. The topological polar surface area (TPSA) is 112 Å². The smallest absolute Gasteiger partial charge is 0.429 e. The molecule has 13 heteroatoms. The number of carbonyl (C=O) groups is 1. The van der Waals surface area contributed by atoms with Crippen molar-refractivity contribution in [2.45, 2.75) is 56.5 Å². The van der Waals surface area contributed by atoms with Crippen LogP contribution in [0.2, 0.25) is 5.02 Å². The number of rotatable bonds is 7. The second kappa shape index (κ2) is 13.0. The van der Waals surface area contributed by atoms with Crippen molar-refractivity contribution in [1.82, 2.24) is 15.3 Å². The number of alkyl halides is 3. The molecule has 1 spiro atoms. The molecule has 0 amide bonds. The summed E-state index contributed by atoms with van der Waals surface area (Å²) in [6.45, 7) is 3.05. The summed E-state index contributed by atoms with van der Waals surface area (Å²) in [7, 11) is 0. The number of aromatic nitrogens is 2. The normalized spacial score (nSPS) is 21.1. The highest BCUT2D eigenvalue weighted by molar-refractivity contribution is 6.30. The lowest BCUT2D eigenvalue weighted by Crippen LogP contribution is -2.41. The molecule has 0 unspecified atom stereocenters. The Morgan fingerprint density at radius 3 is 2.53 bits per heavy atom. The van der Waals surface area contributed by atoms with Gasteiger partial charge in [-0.1, -0.05) is 48.0 Å². The number of benzene rings is 2. The maximum Gasteiger partial charge on any atom is 0.429 e. The van der Waals surface area contributed by atoms with Crippen LogP contribution in [0.1, 0.15) is 43.8 Å². The van der Waals surface area contributed by atoms with E-state index >= 15 is 0 Å². The van der Waals surface area contributed by atoms with E-state index in [0.717, 1.165) is 12.8 Å². The molecule has 9 nitrogen and oxygen atoms in total. The summed E-state index contributed by atoms with van der Waals surface area (Å²) >= 11 is 6.19. The largest absolute Gasteiger partial charge is 0.461 e. The molecule has 0 radical (unpaired) electrons. The van der Waals surface area contributed by atoms with E-state index in [0.29, 0.717) is 74.1 Å². The lowest BCUT2D eigenvalue weighted by molar-refractivity contribution is -0.198. The second-order valence-electron chi connectivity index (χ2n) is 11.9. The first-order valence-corrected chi connectivity index (χ1v) is 15.5. The molecule has 2 atom stereocenters. The van der Waals surface area contributed by atoms with Crippen LogP contribution in [0.25, 0.3) is 11.1 Å². The molecule has 0 aliphatic carbocycles. The van der Waals surface area contributed by atoms with Crippen molar-refractivity contribution >= 4 is 29.3 Å². The monoisotopic (exact) mass is 645 g/mol. The molecule has 0 saturated carbocycles. The van der Waals surface area contributed by atoms with E-state index in [2.05, 4.69) is 15.3 Å². The Balaban J connectivity index is 1.15. The van der Waals surface area contributed by atoms with Gasteiger partial charge in [0.25, 0.3) is 0 Å². The number of halogens is 4. The third-order valence-electron chi connectivity index (χ3n) is 8.87. The maximum atomic E-state index is 14.5. The highest BCUT2D eigenvalue weighted by Gasteiger charge is 2.46. The molecular formula is C32H35ClF3N5O4. The summed E-state index contributed by atoms with van der Waals surface area (Å²) in [6, 6.07) is 13.9. The van der Waals surface area contributed by atoms with Gasteiger partial charge in [0.2, 0.25) is 17.9 Å². The van der Waals surface area contributed by atoms with E-state index in [1.165, 1.54) is 24.3 Å². The number of nitrogens with zero attached hydrogens (tertiary/aromatic N) is 3. The molecule has 240 valence electrons. The van der Waals surface area contributed by atoms with E-state index in [9.17, 15) is 18.0 Å². The number of carbonyl (C=O) groups excluding carboxylic acids is 1. The summed E-state index contributed by atoms with van der Waals surface area (Å²) < 4.78 is 60.3. The van der Waals surface area contributed by atoms with Crippen molar-refractivity contribution in [1.29, 1.82) is 0 Å². The van der Waals surface area contributed by atoms with E-state index in [1.807, 2.05) is 4.90 Å². The zero-order valence-electron chi connectivity index (χ0n) is 24.6. The van der Waals surface area contributed by atoms with Gasteiger partial charge in [-0.25, -0.2) is 0 Å². The van der Waals surface area contributed by atoms with Crippen LogP contribution in [0.15, 0.2) is 54.6 Å². The van der Waals surface area contributed by atoms with Crippen molar-refractivity contribution < 1.29 is 32.2 Å². The Kier molecular flexibility index (Phi) is 9.07. The number of nitrogen functional groups attached to an aromatic ring is 1. The summed E-state index contributed by atoms with van der Waals surface area (Å²) in [4.78, 5) is 23.1. The first-order chi connectivity index (χ1) is 21.6. The summed E-state index contributed by atoms with van der Waals surface area (Å²) in [5.74, 6) is -0.315. The predicted molar refractivity (Wildman–Crippen MR) is 163 cm³/mol. The first kappa shape index (κ1) is 31.4. The molecule has 6 rings (SSSR count). The number of nitrogens with two attached hydrogens (primary N) is 1. The van der Waals surface area contributed by atoms with E-state index < -0.39 is 12.3 Å². The van der Waals surface area contributed by atoms with Crippen molar-refractivity contribution in [3.05, 3.63) is 65.2 Å². The van der Waals surface area contributed by atoms with Gasteiger partial charge in [-0.2, -0.15) is 23.1 Å². The Labute approximate surface area is 264 Å². The van der Waals surface area contributed by atoms with Crippen molar-refractivity contribution in [2.24, 2.45) is 5.41 Å². The van der Waals surface area contributed by atoms with Gasteiger partial charge >= 0.3 is 12.1 Å². The van der Waals surface area contributed by atoms with Gasteiger partial charge in [0.05, 0.1) is 13.2 Å². The molecule has 3 fully saturated rings. The van der Waals surface area contributed by atoms with Gasteiger partial charge in [-0.3, -0.25) is 4.79 Å². The summed E-state index contributed by atoms with van der Waals surface area (Å²) in [6.07, 6.45) is -3.59. The third kappa shape index (κ3) is 7.29. The van der Waals surface area contributed by atoms with Crippen LogP contribution in [-0.4, -0.2) is 67.1 Å². The van der Waals surface area contributed by atoms with Gasteiger partial charge < -0.3 is 30.2 Å². The minimum atomic E-state index is -4.77. The SMILES string of the molecule is Nc1nc(O[C@H](c2ccc(Cl)cc2-c2ccccc2)C(F)(F)F)cc(N2CCC3(CC2)CN[C@H](C(=O)OC2CCOCC2)C3)n1. The van der Waals surface area contributed by atoms with Gasteiger partial charge in [0.1, 0.15) is 18.0 Å². The number of esters is 1. The summed E-state index contributed by atoms with van der Waals surface area (Å²) in [5.41, 5.74) is 6.66. The maximum absolute atomic E-state index is 14.5. The zero-order chi connectivity index (χ0) is 31.6. The highest BCUT2D eigenvalue weighted by atomic mass is 35.5. The number of nitrogens with one attached hydrogen (secondary N) is 1. The fraction of sp³-hybridized carbons (Fsp3) is 0.469. The number of ether oxygens (including phenoxy) is 3. The second-order valence-corrected chi connectivity index (χ2v) is 12.4. The average Bonchev–Trinajstić information content (AvgIpc) is 3.44. The highest BCUT2D eigenvalue weighted by Crippen LogP contribution is 2.43. The molecular weight excluding hydrogens is 611 g/mol. The molecule has 0 bridgehead atoms. The minimum absolute atomic E-state index is 0.0857. The summed E-state index contributed by atoms with van der Waals surface area (Å²) in [5, 5.41) is 3.65. The van der Waals surface area contributed by atoms with Crippen molar-refractivity contribution in [2.75, 3.05) is 43.5 Å². The van der Waals surface area contributed by atoms with Crippen LogP contribution in [0.3, 0.4) is 0 Å². The molecule has 1 aromatic heterocycles. The molecule has 2 aromatic carbocycles. The van der Waals surface area contributed by atoms with Crippen LogP contribution in [0.5, 0.6) is 5.88 Å². The Bertz CT molecular complexity index is 1500. The zero-order valence-corrected chi connectivity index (χ0v) is 25.3. The fourth-order valence-electron chi connectivity index (χ4n) is 6.42. The van der Waals surface area contributed by atoms with Crippen LogP contribution >= 0.6 is 11.6 Å². The van der Waals surface area contributed by atoms with E-state index in [1.54, 1.807) is 30.3 Å². The number of hydrogen-bond donors (Lipinski definition) is 2. The average molecular weight is 646 g/mol. The first-order valence-electron chi connectivity index (χ1n) is 15.1. The quantitative estimate of drug-likeness (QED) is 0.311. The van der Waals surface area contributed by atoms with Crippen LogP contribution in [0, 0.1) is 5.41 Å². The van der Waals surface area contributed by atoms with E-state index in [-0.39, 0.29) is 40.9 Å². The van der Waals surface area contributed by atoms with Gasteiger partial charge in [0.15, 0.2) is 0 Å². The number of hydrogen-bond acceptors (Lipinski definition) is 9. The van der Waals surface area contributed by atoms with Crippen LogP contribution in [0.4, 0.5) is 24.9 Å². The van der Waals surface area contributed by atoms with Gasteiger partial charge in [-0.15, -0.1) is 0 Å². The molecule has 3 aliphatic heterocycles.